The monoisotopic (exact) mass is 268 g/mol. The van der Waals surface area contributed by atoms with Gasteiger partial charge in [0.15, 0.2) is 0 Å². The number of phosphoric acid groups is 1. The molecular weight excluding hydrogens is 239 g/mol. The van der Waals surface area contributed by atoms with E-state index in [9.17, 15) is 0 Å². The Labute approximate surface area is 106 Å². The van der Waals surface area contributed by atoms with Crippen molar-refractivity contribution in [3.05, 3.63) is 0 Å². The van der Waals surface area contributed by atoms with Crippen LogP contribution in [0.25, 0.3) is 0 Å². The van der Waals surface area contributed by atoms with Gasteiger partial charge in [0.05, 0.1) is 0 Å². The van der Waals surface area contributed by atoms with Crippen LogP contribution >= 0.6 is 7.82 Å². The lowest BCUT2D eigenvalue weighted by molar-refractivity contribution is 0.275. The molecule has 0 unspecified atom stereocenters. The fourth-order valence-electron chi connectivity index (χ4n) is 1.44. The average Bonchev–Trinajstić information content (AvgIpc) is 2.06. The Kier molecular flexibility index (Phi) is 11.5. The summed E-state index contributed by atoms with van der Waals surface area (Å²) < 4.78 is 8.88. The molecule has 4 nitrogen and oxygen atoms in total. The molecule has 0 saturated heterocycles. The first-order chi connectivity index (χ1) is 7.56. The van der Waals surface area contributed by atoms with Crippen LogP contribution < -0.4 is 0 Å². The molecular formula is C12H29O4P. The zero-order chi connectivity index (χ0) is 13.9. The van der Waals surface area contributed by atoms with E-state index in [1.54, 1.807) is 0 Å². The summed E-state index contributed by atoms with van der Waals surface area (Å²) in [6, 6.07) is 0. The van der Waals surface area contributed by atoms with Gasteiger partial charge < -0.3 is 14.7 Å². The normalized spacial score (nSPS) is 11.9. The van der Waals surface area contributed by atoms with Crippen molar-refractivity contribution in [2.75, 3.05) is 0 Å². The predicted octanol–water partition coefficient (Wildman–Crippen LogP) is 3.85. The van der Waals surface area contributed by atoms with E-state index >= 15 is 0 Å². The Hall–Kier alpha value is 0.110. The molecule has 0 aliphatic heterocycles. The lowest BCUT2D eigenvalue weighted by atomic mass is 9.89. The van der Waals surface area contributed by atoms with Gasteiger partial charge in [0, 0.05) is 0 Å². The van der Waals surface area contributed by atoms with Crippen molar-refractivity contribution < 1.29 is 19.2 Å². The average molecular weight is 268 g/mol. The lowest BCUT2D eigenvalue weighted by Crippen LogP contribution is -2.03. The summed E-state index contributed by atoms with van der Waals surface area (Å²) in [5.74, 6) is 0. The number of hydrogen-bond donors (Lipinski definition) is 3. The summed E-state index contributed by atoms with van der Waals surface area (Å²) >= 11 is 0. The van der Waals surface area contributed by atoms with Crippen molar-refractivity contribution in [2.24, 2.45) is 5.41 Å². The van der Waals surface area contributed by atoms with Crippen LogP contribution in [-0.4, -0.2) is 14.7 Å². The van der Waals surface area contributed by atoms with E-state index in [1.807, 2.05) is 0 Å². The van der Waals surface area contributed by atoms with Gasteiger partial charge in [0.2, 0.25) is 0 Å². The summed E-state index contributed by atoms with van der Waals surface area (Å²) in [4.78, 5) is 21.6. The van der Waals surface area contributed by atoms with Gasteiger partial charge in [-0.05, 0) is 11.8 Å². The Morgan fingerprint density at radius 3 is 1.59 bits per heavy atom. The standard InChI is InChI=1S/C12H26.H3O4P/c1-5-6-7-8-9-10-11-12(2,3)4;1-5(2,3)4/h5-11H2,1-4H3;(H3,1,2,3,4). The fourth-order valence-corrected chi connectivity index (χ4v) is 1.44. The van der Waals surface area contributed by atoms with Gasteiger partial charge in [-0.25, -0.2) is 4.57 Å². The van der Waals surface area contributed by atoms with E-state index in [0.717, 1.165) is 0 Å². The van der Waals surface area contributed by atoms with Crippen LogP contribution in [0.15, 0.2) is 0 Å². The molecule has 0 aliphatic rings. The molecule has 0 aromatic carbocycles. The molecule has 0 atom stereocenters. The van der Waals surface area contributed by atoms with Crippen LogP contribution in [0.1, 0.15) is 72.6 Å². The van der Waals surface area contributed by atoms with Gasteiger partial charge in [-0.3, -0.25) is 0 Å². The molecule has 3 N–H and O–H groups in total. The van der Waals surface area contributed by atoms with Gasteiger partial charge in [-0.15, -0.1) is 0 Å². The Morgan fingerprint density at radius 1 is 0.882 bits per heavy atom. The van der Waals surface area contributed by atoms with Crippen LogP contribution in [0.2, 0.25) is 0 Å². The van der Waals surface area contributed by atoms with Gasteiger partial charge in [0.1, 0.15) is 0 Å². The topological polar surface area (TPSA) is 77.8 Å². The largest absolute Gasteiger partial charge is 0.466 e. The van der Waals surface area contributed by atoms with Crippen molar-refractivity contribution in [1.29, 1.82) is 0 Å². The van der Waals surface area contributed by atoms with Gasteiger partial charge in [-0.2, -0.15) is 0 Å². The van der Waals surface area contributed by atoms with E-state index in [-0.39, 0.29) is 0 Å². The maximum Gasteiger partial charge on any atom is 0.466 e. The third-order valence-electron chi connectivity index (χ3n) is 2.28. The summed E-state index contributed by atoms with van der Waals surface area (Å²) in [7, 11) is -4.64. The molecule has 0 radical (unpaired) electrons. The van der Waals surface area contributed by atoms with Gasteiger partial charge >= 0.3 is 7.82 Å². The van der Waals surface area contributed by atoms with Gasteiger partial charge in [-0.1, -0.05) is 66.2 Å². The highest BCUT2D eigenvalue weighted by Crippen LogP contribution is 2.25. The Bertz CT molecular complexity index is 197. The molecule has 5 heteroatoms. The second-order valence-electron chi connectivity index (χ2n) is 5.59. The van der Waals surface area contributed by atoms with Gasteiger partial charge in [0.25, 0.3) is 0 Å². The van der Waals surface area contributed by atoms with E-state index in [4.69, 9.17) is 19.2 Å². The fraction of sp³-hybridized carbons (Fsp3) is 1.00. The van der Waals surface area contributed by atoms with Crippen molar-refractivity contribution in [3.8, 4) is 0 Å². The molecule has 0 heterocycles. The summed E-state index contributed by atoms with van der Waals surface area (Å²) in [5.41, 5.74) is 0.546. The molecule has 0 aliphatic carbocycles. The first-order valence-electron chi connectivity index (χ1n) is 6.34. The van der Waals surface area contributed by atoms with Crippen molar-refractivity contribution in [2.45, 2.75) is 72.6 Å². The first-order valence-corrected chi connectivity index (χ1v) is 7.91. The molecule has 0 saturated carbocycles. The maximum atomic E-state index is 8.88. The molecule has 0 aromatic heterocycles. The van der Waals surface area contributed by atoms with E-state index < -0.39 is 7.82 Å². The zero-order valence-corrected chi connectivity index (χ0v) is 12.5. The molecule has 0 bridgehead atoms. The molecule has 0 spiro atoms. The van der Waals surface area contributed by atoms with Crippen LogP contribution in [0, 0.1) is 5.41 Å². The zero-order valence-electron chi connectivity index (χ0n) is 11.6. The highest BCUT2D eigenvalue weighted by atomic mass is 31.2. The van der Waals surface area contributed by atoms with Crippen molar-refractivity contribution in [1.82, 2.24) is 0 Å². The smallest absolute Gasteiger partial charge is 0.303 e. The molecule has 0 rings (SSSR count). The number of unbranched alkanes of at least 4 members (excludes halogenated alkanes) is 5. The van der Waals surface area contributed by atoms with Crippen LogP contribution in [-0.2, 0) is 4.57 Å². The summed E-state index contributed by atoms with van der Waals surface area (Å²) in [6.07, 6.45) is 9.93. The highest BCUT2D eigenvalue weighted by molar-refractivity contribution is 7.45. The molecule has 0 fully saturated rings. The lowest BCUT2D eigenvalue weighted by Gasteiger charge is -2.17. The van der Waals surface area contributed by atoms with E-state index in [0.29, 0.717) is 5.41 Å². The Morgan fingerprint density at radius 2 is 1.24 bits per heavy atom. The van der Waals surface area contributed by atoms with E-state index in [1.165, 1.54) is 44.9 Å². The quantitative estimate of drug-likeness (QED) is 0.505. The Balaban J connectivity index is 0. The minimum Gasteiger partial charge on any atom is -0.303 e. The number of rotatable bonds is 6. The second-order valence-corrected chi connectivity index (χ2v) is 6.62. The molecule has 0 aromatic rings. The third kappa shape index (κ3) is 38.6. The van der Waals surface area contributed by atoms with E-state index in [2.05, 4.69) is 27.7 Å². The summed E-state index contributed by atoms with van der Waals surface area (Å²) in [5, 5.41) is 0. The third-order valence-corrected chi connectivity index (χ3v) is 2.28. The highest BCUT2D eigenvalue weighted by Gasteiger charge is 2.08. The molecule has 106 valence electrons. The minimum absolute atomic E-state index is 0.546. The van der Waals surface area contributed by atoms with Crippen LogP contribution in [0.4, 0.5) is 0 Å². The first kappa shape index (κ1) is 19.4. The maximum absolute atomic E-state index is 8.88. The second kappa shape index (κ2) is 10.1. The molecule has 0 amide bonds. The van der Waals surface area contributed by atoms with Crippen LogP contribution in [0.5, 0.6) is 0 Å². The van der Waals surface area contributed by atoms with Crippen molar-refractivity contribution in [3.63, 3.8) is 0 Å². The predicted molar refractivity (Wildman–Crippen MR) is 71.7 cm³/mol. The minimum atomic E-state index is -4.64. The SMILES string of the molecule is CCCCCCCCC(C)(C)C.O=P(O)(O)O. The van der Waals surface area contributed by atoms with Crippen LogP contribution in [0.3, 0.4) is 0 Å². The number of hydrogen-bond acceptors (Lipinski definition) is 1. The van der Waals surface area contributed by atoms with Crippen molar-refractivity contribution >= 4 is 7.82 Å². The summed E-state index contributed by atoms with van der Waals surface area (Å²) in [6.45, 7) is 9.27. The molecule has 17 heavy (non-hydrogen) atoms.